The van der Waals surface area contributed by atoms with Crippen molar-refractivity contribution in [3.8, 4) is 11.5 Å². The second-order valence-corrected chi connectivity index (χ2v) is 4.83. The largest absolute Gasteiger partial charge is 0.508 e. The third-order valence-electron chi connectivity index (χ3n) is 2.44. The Morgan fingerprint density at radius 2 is 2.05 bits per heavy atom. The summed E-state index contributed by atoms with van der Waals surface area (Å²) in [5, 5.41) is 30.0. The van der Waals surface area contributed by atoms with E-state index in [-0.39, 0.29) is 11.3 Å². The van der Waals surface area contributed by atoms with Crippen LogP contribution in [0.25, 0.3) is 0 Å². The summed E-state index contributed by atoms with van der Waals surface area (Å²) in [6, 6.07) is 2.49. The number of carboxylic acids is 1. The number of carbonyl (C=O) groups is 2. The van der Waals surface area contributed by atoms with Crippen LogP contribution in [0.5, 0.6) is 11.5 Å². The lowest BCUT2D eigenvalue weighted by molar-refractivity contribution is -0.139. The fourth-order valence-electron chi connectivity index (χ4n) is 1.44. The third-order valence-corrected chi connectivity index (χ3v) is 3.08. The number of aromatic hydroxyl groups is 2. The Morgan fingerprint density at radius 1 is 1.37 bits per heavy atom. The monoisotopic (exact) mass is 285 g/mol. The fourth-order valence-corrected chi connectivity index (χ4v) is 1.91. The first kappa shape index (κ1) is 15.2. The fraction of sp³-hybridized carbons (Fsp3) is 0.333. The molecule has 104 valence electrons. The molecule has 0 radical (unpaired) electrons. The summed E-state index contributed by atoms with van der Waals surface area (Å²) in [5.41, 5.74) is -0.0757. The van der Waals surface area contributed by atoms with E-state index in [1.165, 1.54) is 23.9 Å². The molecule has 1 amide bonds. The van der Waals surface area contributed by atoms with Gasteiger partial charge in [-0.2, -0.15) is 11.8 Å². The Hall–Kier alpha value is -1.89. The van der Waals surface area contributed by atoms with Crippen LogP contribution in [0, 0.1) is 0 Å². The third kappa shape index (κ3) is 4.36. The minimum absolute atomic E-state index is 0.0757. The minimum Gasteiger partial charge on any atom is -0.508 e. The first-order valence-corrected chi connectivity index (χ1v) is 6.89. The highest BCUT2D eigenvalue weighted by Crippen LogP contribution is 2.22. The smallest absolute Gasteiger partial charge is 0.326 e. The van der Waals surface area contributed by atoms with Crippen LogP contribution in [0.4, 0.5) is 0 Å². The lowest BCUT2D eigenvalue weighted by Gasteiger charge is -2.14. The van der Waals surface area contributed by atoms with Crippen molar-refractivity contribution < 1.29 is 24.9 Å². The first-order chi connectivity index (χ1) is 8.95. The number of aliphatic carboxylic acids is 1. The highest BCUT2D eigenvalue weighted by atomic mass is 32.2. The zero-order valence-electron chi connectivity index (χ0n) is 10.3. The number of carbonyl (C=O) groups excluding carboxylic acids is 1. The molecule has 4 N–H and O–H groups in total. The van der Waals surface area contributed by atoms with Crippen molar-refractivity contribution in [3.05, 3.63) is 23.8 Å². The second-order valence-electron chi connectivity index (χ2n) is 3.85. The molecule has 0 unspecified atom stereocenters. The molecule has 0 aliphatic rings. The van der Waals surface area contributed by atoms with E-state index < -0.39 is 23.7 Å². The Labute approximate surface area is 114 Å². The average Bonchev–Trinajstić information content (AvgIpc) is 2.33. The van der Waals surface area contributed by atoms with Gasteiger partial charge >= 0.3 is 5.97 Å². The SMILES string of the molecule is CSCC[C@H](NC(=O)c1ccc(O)cc1O)C(=O)O. The van der Waals surface area contributed by atoms with Gasteiger partial charge in [-0.1, -0.05) is 0 Å². The Kier molecular flexibility index (Phi) is 5.50. The van der Waals surface area contributed by atoms with Crippen molar-refractivity contribution in [2.75, 3.05) is 12.0 Å². The van der Waals surface area contributed by atoms with E-state index in [1.807, 2.05) is 6.26 Å². The molecule has 19 heavy (non-hydrogen) atoms. The summed E-state index contributed by atoms with van der Waals surface area (Å²) in [6.07, 6.45) is 2.13. The highest BCUT2D eigenvalue weighted by molar-refractivity contribution is 7.98. The molecule has 0 aromatic heterocycles. The lowest BCUT2D eigenvalue weighted by atomic mass is 10.1. The predicted molar refractivity (Wildman–Crippen MR) is 71.7 cm³/mol. The molecule has 1 rings (SSSR count). The van der Waals surface area contributed by atoms with Gasteiger partial charge in [-0.15, -0.1) is 0 Å². The molecule has 0 saturated heterocycles. The zero-order chi connectivity index (χ0) is 14.4. The summed E-state index contributed by atoms with van der Waals surface area (Å²) in [5.74, 6) is -1.79. The van der Waals surface area contributed by atoms with Crippen LogP contribution in [-0.4, -0.2) is 45.2 Å². The molecule has 7 heteroatoms. The highest BCUT2D eigenvalue weighted by Gasteiger charge is 2.21. The van der Waals surface area contributed by atoms with Gasteiger partial charge < -0.3 is 20.6 Å². The molecule has 6 nitrogen and oxygen atoms in total. The summed E-state index contributed by atoms with van der Waals surface area (Å²) in [7, 11) is 0. The summed E-state index contributed by atoms with van der Waals surface area (Å²) < 4.78 is 0. The molecule has 0 bridgehead atoms. The Balaban J connectivity index is 2.78. The van der Waals surface area contributed by atoms with Gasteiger partial charge in [0.2, 0.25) is 0 Å². The van der Waals surface area contributed by atoms with Gasteiger partial charge in [0.05, 0.1) is 5.56 Å². The van der Waals surface area contributed by atoms with Gasteiger partial charge in [-0.3, -0.25) is 4.79 Å². The molecule has 1 atom stereocenters. The van der Waals surface area contributed by atoms with Gasteiger partial charge in [-0.05, 0) is 30.6 Å². The van der Waals surface area contributed by atoms with Crippen LogP contribution in [0.1, 0.15) is 16.8 Å². The van der Waals surface area contributed by atoms with E-state index >= 15 is 0 Å². The van der Waals surface area contributed by atoms with E-state index in [0.717, 1.165) is 6.07 Å². The van der Waals surface area contributed by atoms with E-state index in [0.29, 0.717) is 12.2 Å². The van der Waals surface area contributed by atoms with Crippen LogP contribution < -0.4 is 5.32 Å². The number of rotatable bonds is 6. The van der Waals surface area contributed by atoms with Gasteiger partial charge in [0.25, 0.3) is 5.91 Å². The number of carboxylic acid groups (broad SMARTS) is 1. The molecule has 1 aromatic carbocycles. The zero-order valence-corrected chi connectivity index (χ0v) is 11.1. The minimum atomic E-state index is -1.12. The van der Waals surface area contributed by atoms with Crippen molar-refractivity contribution in [2.45, 2.75) is 12.5 Å². The van der Waals surface area contributed by atoms with Crippen LogP contribution >= 0.6 is 11.8 Å². The lowest BCUT2D eigenvalue weighted by Crippen LogP contribution is -2.41. The van der Waals surface area contributed by atoms with Crippen molar-refractivity contribution >= 4 is 23.6 Å². The quantitative estimate of drug-likeness (QED) is 0.622. The van der Waals surface area contributed by atoms with Gasteiger partial charge in [-0.25, -0.2) is 4.79 Å². The number of phenolic OH excluding ortho intramolecular Hbond substituents is 2. The number of benzene rings is 1. The normalized spacial score (nSPS) is 11.8. The number of phenols is 2. The number of amides is 1. The molecule has 0 spiro atoms. The summed E-state index contributed by atoms with van der Waals surface area (Å²) in [4.78, 5) is 22.8. The topological polar surface area (TPSA) is 107 Å². The van der Waals surface area contributed by atoms with Crippen LogP contribution in [0.3, 0.4) is 0 Å². The maximum Gasteiger partial charge on any atom is 0.326 e. The number of hydrogen-bond acceptors (Lipinski definition) is 5. The summed E-state index contributed by atoms with van der Waals surface area (Å²) >= 11 is 1.48. The van der Waals surface area contributed by atoms with Crippen LogP contribution in [0.15, 0.2) is 18.2 Å². The second kappa shape index (κ2) is 6.89. The van der Waals surface area contributed by atoms with Crippen molar-refractivity contribution in [3.63, 3.8) is 0 Å². The molecule has 0 fully saturated rings. The summed E-state index contributed by atoms with van der Waals surface area (Å²) in [6.45, 7) is 0. The van der Waals surface area contributed by atoms with Gasteiger partial charge in [0, 0.05) is 6.07 Å². The Morgan fingerprint density at radius 3 is 2.58 bits per heavy atom. The standard InChI is InChI=1S/C12H15NO5S/c1-19-5-4-9(12(17)18)13-11(16)8-3-2-7(14)6-10(8)15/h2-3,6,9,14-15H,4-5H2,1H3,(H,13,16)(H,17,18)/t9-/m0/s1. The van der Waals surface area contributed by atoms with Gasteiger partial charge in [0.15, 0.2) is 0 Å². The van der Waals surface area contributed by atoms with Crippen molar-refractivity contribution in [1.29, 1.82) is 0 Å². The number of hydrogen-bond donors (Lipinski definition) is 4. The molecule has 0 aliphatic heterocycles. The predicted octanol–water partition coefficient (Wildman–Crippen LogP) is 1.03. The number of thioether (sulfide) groups is 1. The number of nitrogens with one attached hydrogen (secondary N) is 1. The van der Waals surface area contributed by atoms with E-state index in [4.69, 9.17) is 10.2 Å². The van der Waals surface area contributed by atoms with E-state index in [9.17, 15) is 14.7 Å². The first-order valence-electron chi connectivity index (χ1n) is 5.50. The van der Waals surface area contributed by atoms with E-state index in [1.54, 1.807) is 0 Å². The van der Waals surface area contributed by atoms with Gasteiger partial charge in [0.1, 0.15) is 17.5 Å². The molecule has 1 aromatic rings. The Bertz CT molecular complexity index is 477. The molecule has 0 saturated carbocycles. The van der Waals surface area contributed by atoms with Crippen LogP contribution in [0.2, 0.25) is 0 Å². The van der Waals surface area contributed by atoms with Crippen molar-refractivity contribution in [2.24, 2.45) is 0 Å². The molecule has 0 heterocycles. The molecular formula is C12H15NO5S. The molecule has 0 aliphatic carbocycles. The molecular weight excluding hydrogens is 270 g/mol. The maximum atomic E-state index is 11.8. The maximum absolute atomic E-state index is 11.8. The van der Waals surface area contributed by atoms with Crippen molar-refractivity contribution in [1.82, 2.24) is 5.32 Å². The van der Waals surface area contributed by atoms with E-state index in [2.05, 4.69) is 5.32 Å². The van der Waals surface area contributed by atoms with Crippen LogP contribution in [-0.2, 0) is 4.79 Å². The average molecular weight is 285 g/mol.